The van der Waals surface area contributed by atoms with E-state index < -0.39 is 0 Å². The second kappa shape index (κ2) is 8.10. The number of hydrogen-bond donors (Lipinski definition) is 1. The first-order valence-electron chi connectivity index (χ1n) is 7.74. The van der Waals surface area contributed by atoms with Crippen LogP contribution in [0, 0.1) is 5.92 Å². The Morgan fingerprint density at radius 1 is 1.48 bits per heavy atom. The predicted molar refractivity (Wildman–Crippen MR) is 83.1 cm³/mol. The quantitative estimate of drug-likeness (QED) is 0.872. The van der Waals surface area contributed by atoms with Crippen molar-refractivity contribution in [3.05, 3.63) is 24.4 Å². The molecule has 5 heteroatoms. The largest absolute Gasteiger partial charge is 0.381 e. The lowest BCUT2D eigenvalue weighted by atomic mass is 9.96. The first-order valence-corrected chi connectivity index (χ1v) is 7.74. The van der Waals surface area contributed by atoms with E-state index >= 15 is 0 Å². The summed E-state index contributed by atoms with van der Waals surface area (Å²) in [5.74, 6) is 1.25. The molecule has 0 spiro atoms. The van der Waals surface area contributed by atoms with Gasteiger partial charge in [0, 0.05) is 19.4 Å². The molecule has 1 atom stereocenters. The summed E-state index contributed by atoms with van der Waals surface area (Å²) in [6, 6.07) is 5.38. The maximum absolute atomic E-state index is 12.2. The van der Waals surface area contributed by atoms with Gasteiger partial charge in [-0.15, -0.1) is 0 Å². The van der Waals surface area contributed by atoms with Gasteiger partial charge in [-0.05, 0) is 57.8 Å². The standard InChI is InChI=1S/C16H25N3O2/c1-3-21-12-14-7-10-19(11-8-14)13(2)16(20)18-15-6-4-5-9-17-15/h4-6,9,13-14H,3,7-8,10-12H2,1-2H3,(H,17,18,20)/t13-/m1/s1. The van der Waals surface area contributed by atoms with Gasteiger partial charge in [-0.1, -0.05) is 6.07 Å². The molecule has 0 aliphatic carbocycles. The molecule has 1 saturated heterocycles. The second-order valence-corrected chi connectivity index (χ2v) is 5.52. The molecule has 0 aromatic carbocycles. The van der Waals surface area contributed by atoms with E-state index in [0.29, 0.717) is 11.7 Å². The van der Waals surface area contributed by atoms with Crippen LogP contribution in [0.3, 0.4) is 0 Å². The highest BCUT2D eigenvalue weighted by Crippen LogP contribution is 2.19. The molecule has 2 rings (SSSR count). The zero-order valence-corrected chi connectivity index (χ0v) is 12.9. The fourth-order valence-electron chi connectivity index (χ4n) is 2.62. The number of likely N-dealkylation sites (tertiary alicyclic amines) is 1. The number of pyridine rings is 1. The van der Waals surface area contributed by atoms with Gasteiger partial charge in [0.2, 0.25) is 5.91 Å². The number of nitrogens with one attached hydrogen (secondary N) is 1. The molecule has 1 aromatic heterocycles. The molecule has 0 radical (unpaired) electrons. The number of amides is 1. The topological polar surface area (TPSA) is 54.5 Å². The number of aromatic nitrogens is 1. The summed E-state index contributed by atoms with van der Waals surface area (Å²) in [7, 11) is 0. The summed E-state index contributed by atoms with van der Waals surface area (Å²) in [5, 5.41) is 2.87. The Labute approximate surface area is 126 Å². The predicted octanol–water partition coefficient (Wildman–Crippen LogP) is 2.16. The molecule has 1 fully saturated rings. The Balaban J connectivity index is 1.78. The monoisotopic (exact) mass is 291 g/mol. The molecular weight excluding hydrogens is 266 g/mol. The molecule has 1 N–H and O–H groups in total. The van der Waals surface area contributed by atoms with E-state index in [2.05, 4.69) is 15.2 Å². The number of carbonyl (C=O) groups is 1. The van der Waals surface area contributed by atoms with Crippen LogP contribution in [0.5, 0.6) is 0 Å². The third kappa shape index (κ3) is 4.79. The number of carbonyl (C=O) groups excluding carboxylic acids is 1. The molecule has 1 amide bonds. The van der Waals surface area contributed by atoms with Crippen molar-refractivity contribution < 1.29 is 9.53 Å². The maximum atomic E-state index is 12.2. The van der Waals surface area contributed by atoms with Gasteiger partial charge in [-0.2, -0.15) is 0 Å². The zero-order valence-electron chi connectivity index (χ0n) is 12.9. The highest BCUT2D eigenvalue weighted by Gasteiger charge is 2.26. The van der Waals surface area contributed by atoms with E-state index in [-0.39, 0.29) is 11.9 Å². The van der Waals surface area contributed by atoms with E-state index in [1.54, 1.807) is 12.3 Å². The fraction of sp³-hybridized carbons (Fsp3) is 0.625. The van der Waals surface area contributed by atoms with E-state index in [4.69, 9.17) is 4.74 Å². The van der Waals surface area contributed by atoms with E-state index in [1.165, 1.54) is 0 Å². The van der Waals surface area contributed by atoms with Crippen LogP contribution < -0.4 is 5.32 Å². The SMILES string of the molecule is CCOCC1CCN([C@H](C)C(=O)Nc2ccccn2)CC1. The van der Waals surface area contributed by atoms with Crippen LogP contribution in [0.1, 0.15) is 26.7 Å². The number of hydrogen-bond acceptors (Lipinski definition) is 4. The van der Waals surface area contributed by atoms with Gasteiger partial charge in [0.1, 0.15) is 5.82 Å². The average Bonchev–Trinajstić information content (AvgIpc) is 2.53. The minimum atomic E-state index is -0.125. The summed E-state index contributed by atoms with van der Waals surface area (Å²) in [6.45, 7) is 7.52. The van der Waals surface area contributed by atoms with Gasteiger partial charge in [0.05, 0.1) is 6.04 Å². The van der Waals surface area contributed by atoms with Gasteiger partial charge in [0.15, 0.2) is 0 Å². The number of rotatable bonds is 6. The smallest absolute Gasteiger partial charge is 0.242 e. The average molecular weight is 291 g/mol. The van der Waals surface area contributed by atoms with Crippen LogP contribution in [0.2, 0.25) is 0 Å². The molecule has 0 saturated carbocycles. The van der Waals surface area contributed by atoms with Crippen molar-refractivity contribution >= 4 is 11.7 Å². The molecule has 0 bridgehead atoms. The summed E-state index contributed by atoms with van der Waals surface area (Å²) < 4.78 is 5.49. The van der Waals surface area contributed by atoms with Gasteiger partial charge < -0.3 is 10.1 Å². The molecular formula is C16H25N3O2. The Morgan fingerprint density at radius 3 is 2.86 bits per heavy atom. The zero-order chi connectivity index (χ0) is 15.1. The lowest BCUT2D eigenvalue weighted by Crippen LogP contribution is -2.46. The van der Waals surface area contributed by atoms with Crippen molar-refractivity contribution in [2.75, 3.05) is 31.6 Å². The number of nitrogens with zero attached hydrogens (tertiary/aromatic N) is 2. The molecule has 21 heavy (non-hydrogen) atoms. The molecule has 0 unspecified atom stereocenters. The first-order chi connectivity index (χ1) is 10.2. The van der Waals surface area contributed by atoms with Crippen molar-refractivity contribution in [1.29, 1.82) is 0 Å². The summed E-state index contributed by atoms with van der Waals surface area (Å²) in [6.07, 6.45) is 3.88. The van der Waals surface area contributed by atoms with Crippen LogP contribution >= 0.6 is 0 Å². The van der Waals surface area contributed by atoms with Crippen LogP contribution in [-0.4, -0.2) is 48.1 Å². The highest BCUT2D eigenvalue weighted by molar-refractivity contribution is 5.93. The summed E-state index contributed by atoms with van der Waals surface area (Å²) in [4.78, 5) is 18.6. The molecule has 1 aliphatic rings. The second-order valence-electron chi connectivity index (χ2n) is 5.52. The van der Waals surface area contributed by atoms with Crippen LogP contribution in [0.25, 0.3) is 0 Å². The highest BCUT2D eigenvalue weighted by atomic mass is 16.5. The van der Waals surface area contributed by atoms with Crippen LogP contribution in [-0.2, 0) is 9.53 Å². The van der Waals surface area contributed by atoms with Crippen molar-refractivity contribution in [3.63, 3.8) is 0 Å². The van der Waals surface area contributed by atoms with Gasteiger partial charge in [-0.3, -0.25) is 9.69 Å². The minimum Gasteiger partial charge on any atom is -0.381 e. The maximum Gasteiger partial charge on any atom is 0.242 e. The third-order valence-corrected chi connectivity index (χ3v) is 4.05. The van der Waals surface area contributed by atoms with Crippen LogP contribution in [0.15, 0.2) is 24.4 Å². The molecule has 1 aliphatic heterocycles. The van der Waals surface area contributed by atoms with Crippen molar-refractivity contribution in [1.82, 2.24) is 9.88 Å². The molecule has 5 nitrogen and oxygen atoms in total. The van der Waals surface area contributed by atoms with Gasteiger partial charge in [0.25, 0.3) is 0 Å². The molecule has 116 valence electrons. The van der Waals surface area contributed by atoms with Crippen molar-refractivity contribution in [3.8, 4) is 0 Å². The van der Waals surface area contributed by atoms with Gasteiger partial charge >= 0.3 is 0 Å². The number of anilines is 1. The Morgan fingerprint density at radius 2 is 2.24 bits per heavy atom. The summed E-state index contributed by atoms with van der Waals surface area (Å²) >= 11 is 0. The first kappa shape index (κ1) is 15.9. The van der Waals surface area contributed by atoms with E-state index in [0.717, 1.165) is 39.1 Å². The van der Waals surface area contributed by atoms with Crippen LogP contribution in [0.4, 0.5) is 5.82 Å². The third-order valence-electron chi connectivity index (χ3n) is 4.05. The van der Waals surface area contributed by atoms with Crippen molar-refractivity contribution in [2.45, 2.75) is 32.7 Å². The normalized spacial score (nSPS) is 18.4. The van der Waals surface area contributed by atoms with Gasteiger partial charge in [-0.25, -0.2) is 4.98 Å². The Hall–Kier alpha value is -1.46. The van der Waals surface area contributed by atoms with E-state index in [1.807, 2.05) is 26.0 Å². The van der Waals surface area contributed by atoms with E-state index in [9.17, 15) is 4.79 Å². The number of piperidine rings is 1. The molecule has 2 heterocycles. The lowest BCUT2D eigenvalue weighted by Gasteiger charge is -2.35. The van der Waals surface area contributed by atoms with Crippen molar-refractivity contribution in [2.24, 2.45) is 5.92 Å². The molecule has 1 aromatic rings. The number of ether oxygens (including phenoxy) is 1. The minimum absolute atomic E-state index is 0.0111. The summed E-state index contributed by atoms with van der Waals surface area (Å²) in [5.41, 5.74) is 0. The fourth-order valence-corrected chi connectivity index (χ4v) is 2.62. The lowest BCUT2D eigenvalue weighted by molar-refractivity contribution is -0.121. The Kier molecular flexibility index (Phi) is 6.14. The Bertz CT molecular complexity index is 430.